The van der Waals surface area contributed by atoms with Gasteiger partial charge >= 0.3 is 0 Å². The fourth-order valence-electron chi connectivity index (χ4n) is 3.95. The van der Waals surface area contributed by atoms with E-state index in [9.17, 15) is 15.3 Å². The van der Waals surface area contributed by atoms with Crippen LogP contribution in [0.25, 0.3) is 0 Å². The Morgan fingerprint density at radius 1 is 0.636 bits per heavy atom. The molecule has 0 bridgehead atoms. The minimum absolute atomic E-state index is 0.143. The molecule has 0 unspecified atom stereocenters. The van der Waals surface area contributed by atoms with Gasteiger partial charge in [-0.2, -0.15) is 0 Å². The number of benzene rings is 4. The van der Waals surface area contributed by atoms with Crippen LogP contribution in [0.4, 0.5) is 17.1 Å². The van der Waals surface area contributed by atoms with E-state index in [0.29, 0.717) is 22.7 Å². The molecule has 0 heterocycles. The molecule has 0 aliphatic rings. The average molecular weight is 442 g/mol. The summed E-state index contributed by atoms with van der Waals surface area (Å²) >= 11 is 0. The van der Waals surface area contributed by atoms with Gasteiger partial charge in [0.25, 0.3) is 0 Å². The van der Waals surface area contributed by atoms with Gasteiger partial charge in [0.05, 0.1) is 17.1 Å². The monoisotopic (exact) mass is 441 g/mol. The van der Waals surface area contributed by atoms with Crippen molar-refractivity contribution in [3.05, 3.63) is 95.1 Å². The molecule has 4 rings (SSSR count). The summed E-state index contributed by atoms with van der Waals surface area (Å²) in [6.45, 7) is 7.48. The van der Waals surface area contributed by atoms with E-state index in [4.69, 9.17) is 4.74 Å². The third-order valence-corrected chi connectivity index (χ3v) is 5.52. The molecule has 0 aliphatic heterocycles. The Morgan fingerprint density at radius 3 is 1.79 bits per heavy atom. The zero-order valence-electron chi connectivity index (χ0n) is 19.1. The number of phenols is 3. The van der Waals surface area contributed by atoms with E-state index >= 15 is 0 Å². The molecule has 168 valence electrons. The smallest absolute Gasteiger partial charge is 0.151 e. The Bertz CT molecular complexity index is 1240. The molecule has 0 fully saturated rings. The second kappa shape index (κ2) is 8.79. The second-order valence-electron chi connectivity index (χ2n) is 8.31. The zero-order valence-corrected chi connectivity index (χ0v) is 19.1. The first-order valence-corrected chi connectivity index (χ1v) is 10.7. The summed E-state index contributed by atoms with van der Waals surface area (Å²) in [5.41, 5.74) is 5.37. The number of aryl methyl sites for hydroxylation is 3. The number of phenolic OH excluding ortho intramolecular Hbond substituents is 3. The molecule has 0 spiro atoms. The molecule has 4 aromatic carbocycles. The van der Waals surface area contributed by atoms with E-state index in [2.05, 4.69) is 0 Å². The number of hydrogen-bond acceptors (Lipinski definition) is 5. The number of hydrogen-bond donors (Lipinski definition) is 3. The molecule has 0 amide bonds. The van der Waals surface area contributed by atoms with Crippen LogP contribution in [-0.4, -0.2) is 15.3 Å². The molecule has 0 aliphatic carbocycles. The largest absolute Gasteiger partial charge is 0.508 e. The Hall–Kier alpha value is -4.12. The Morgan fingerprint density at radius 2 is 1.21 bits per heavy atom. The van der Waals surface area contributed by atoms with Crippen LogP contribution in [0.15, 0.2) is 72.8 Å². The molecule has 0 atom stereocenters. The van der Waals surface area contributed by atoms with E-state index < -0.39 is 0 Å². The fourth-order valence-corrected chi connectivity index (χ4v) is 3.95. The molecular formula is C28H27NO4. The maximum atomic E-state index is 10.4. The van der Waals surface area contributed by atoms with Crippen molar-refractivity contribution in [3.63, 3.8) is 0 Å². The summed E-state index contributed by atoms with van der Waals surface area (Å²) in [5.74, 6) is 1.60. The van der Waals surface area contributed by atoms with Crippen LogP contribution in [0.2, 0.25) is 0 Å². The van der Waals surface area contributed by atoms with E-state index in [1.165, 1.54) is 0 Å². The maximum absolute atomic E-state index is 10.4. The van der Waals surface area contributed by atoms with E-state index in [1.807, 2.05) is 81.1 Å². The molecule has 0 radical (unpaired) electrons. The van der Waals surface area contributed by atoms with Crippen molar-refractivity contribution < 1.29 is 20.1 Å². The molecule has 5 nitrogen and oxygen atoms in total. The highest BCUT2D eigenvalue weighted by atomic mass is 16.5. The summed E-state index contributed by atoms with van der Waals surface area (Å²) in [7, 11) is 0. The molecule has 5 heteroatoms. The van der Waals surface area contributed by atoms with Crippen LogP contribution in [0.5, 0.6) is 28.7 Å². The lowest BCUT2D eigenvalue weighted by molar-refractivity contribution is 0.445. The van der Waals surface area contributed by atoms with Gasteiger partial charge in [0.15, 0.2) is 5.75 Å². The van der Waals surface area contributed by atoms with E-state index in [0.717, 1.165) is 28.1 Å². The van der Waals surface area contributed by atoms with Crippen molar-refractivity contribution in [1.29, 1.82) is 0 Å². The molecular weight excluding hydrogens is 414 g/mol. The highest BCUT2D eigenvalue weighted by molar-refractivity contribution is 5.82. The number of ether oxygens (including phenoxy) is 1. The van der Waals surface area contributed by atoms with Crippen molar-refractivity contribution in [3.8, 4) is 28.7 Å². The summed E-state index contributed by atoms with van der Waals surface area (Å²) in [6.07, 6.45) is 0. The highest BCUT2D eigenvalue weighted by Crippen LogP contribution is 2.44. The van der Waals surface area contributed by atoms with Crippen LogP contribution >= 0.6 is 0 Å². The number of anilines is 3. The van der Waals surface area contributed by atoms with Gasteiger partial charge in [0.1, 0.15) is 23.0 Å². The van der Waals surface area contributed by atoms with Crippen molar-refractivity contribution >= 4 is 17.1 Å². The standard InChI is InChI=1S/C28H27NO4/c1-17-11-21(15-23(30)13-17)29(22-12-18(2)14-24(31)16-22)25-7-5-6-8-27(25)33-26-10-9-19(3)28(32)20(26)4/h5-16,30-32H,1-4H3. The topological polar surface area (TPSA) is 73.2 Å². The maximum Gasteiger partial charge on any atom is 0.151 e. The minimum atomic E-state index is 0.143. The third kappa shape index (κ3) is 4.58. The third-order valence-electron chi connectivity index (χ3n) is 5.52. The summed E-state index contributed by atoms with van der Waals surface area (Å²) in [5, 5.41) is 31.0. The van der Waals surface area contributed by atoms with Gasteiger partial charge in [0, 0.05) is 17.7 Å². The number of rotatable bonds is 5. The first-order valence-electron chi connectivity index (χ1n) is 10.7. The lowest BCUT2D eigenvalue weighted by Crippen LogP contribution is -2.11. The zero-order chi connectivity index (χ0) is 23.7. The molecule has 3 N–H and O–H groups in total. The Balaban J connectivity index is 1.91. The van der Waals surface area contributed by atoms with Gasteiger partial charge in [0.2, 0.25) is 0 Å². The van der Waals surface area contributed by atoms with Crippen LogP contribution in [0, 0.1) is 27.7 Å². The van der Waals surface area contributed by atoms with Gasteiger partial charge in [-0.05, 0) is 86.8 Å². The normalized spacial score (nSPS) is 10.8. The Labute approximate surface area is 193 Å². The van der Waals surface area contributed by atoms with Crippen molar-refractivity contribution in [1.82, 2.24) is 0 Å². The van der Waals surface area contributed by atoms with E-state index in [-0.39, 0.29) is 17.2 Å². The van der Waals surface area contributed by atoms with Gasteiger partial charge < -0.3 is 25.0 Å². The number of nitrogens with zero attached hydrogens (tertiary/aromatic N) is 1. The molecule has 0 aromatic heterocycles. The van der Waals surface area contributed by atoms with Crippen molar-refractivity contribution in [2.24, 2.45) is 0 Å². The van der Waals surface area contributed by atoms with E-state index in [1.54, 1.807) is 24.3 Å². The van der Waals surface area contributed by atoms with Crippen LogP contribution in [0.3, 0.4) is 0 Å². The van der Waals surface area contributed by atoms with Gasteiger partial charge in [-0.15, -0.1) is 0 Å². The summed E-state index contributed by atoms with van der Waals surface area (Å²) in [6, 6.07) is 21.8. The number of para-hydroxylation sites is 2. The summed E-state index contributed by atoms with van der Waals surface area (Å²) < 4.78 is 6.29. The average Bonchev–Trinajstić information content (AvgIpc) is 2.74. The predicted molar refractivity (Wildman–Crippen MR) is 132 cm³/mol. The van der Waals surface area contributed by atoms with Gasteiger partial charge in [-0.1, -0.05) is 18.2 Å². The predicted octanol–water partition coefficient (Wildman–Crippen LogP) is 7.30. The molecule has 0 saturated heterocycles. The molecule has 4 aromatic rings. The first-order chi connectivity index (χ1) is 15.7. The molecule has 0 saturated carbocycles. The van der Waals surface area contributed by atoms with Crippen molar-refractivity contribution in [2.75, 3.05) is 4.90 Å². The quantitative estimate of drug-likeness (QED) is 0.303. The summed E-state index contributed by atoms with van der Waals surface area (Å²) in [4.78, 5) is 1.93. The minimum Gasteiger partial charge on any atom is -0.508 e. The first kappa shape index (κ1) is 22.1. The van der Waals surface area contributed by atoms with Crippen molar-refractivity contribution in [2.45, 2.75) is 27.7 Å². The SMILES string of the molecule is Cc1cc(O)cc(N(c2cc(C)cc(O)c2)c2ccccc2Oc2ccc(C)c(O)c2C)c1. The lowest BCUT2D eigenvalue weighted by Gasteiger charge is -2.28. The van der Waals surface area contributed by atoms with Gasteiger partial charge in [-0.3, -0.25) is 0 Å². The van der Waals surface area contributed by atoms with Gasteiger partial charge in [-0.25, -0.2) is 0 Å². The lowest BCUT2D eigenvalue weighted by atomic mass is 10.1. The molecule has 33 heavy (non-hydrogen) atoms. The van der Waals surface area contributed by atoms with Crippen LogP contribution in [0.1, 0.15) is 22.3 Å². The number of aromatic hydroxyl groups is 3. The fraction of sp³-hybridized carbons (Fsp3) is 0.143. The highest BCUT2D eigenvalue weighted by Gasteiger charge is 2.20. The second-order valence-corrected chi connectivity index (χ2v) is 8.31. The van der Waals surface area contributed by atoms with Crippen LogP contribution < -0.4 is 9.64 Å². The van der Waals surface area contributed by atoms with Crippen LogP contribution in [-0.2, 0) is 0 Å². The Kier molecular flexibility index (Phi) is 5.88.